The van der Waals surface area contributed by atoms with Crippen molar-refractivity contribution in [3.8, 4) is 0 Å². The molecule has 17 heavy (non-hydrogen) atoms. The topological polar surface area (TPSA) is 80.5 Å². The number of rotatable bonds is 5. The summed E-state index contributed by atoms with van der Waals surface area (Å²) in [6, 6.07) is 0.00971. The minimum absolute atomic E-state index is 0.00971. The van der Waals surface area contributed by atoms with E-state index >= 15 is 0 Å². The number of nitrogens with zero attached hydrogens (tertiary/aromatic N) is 1. The standard InChI is InChI=1S/C11H22N2O3S/c1-3-17(15,16)6-4-5-13-8-10(12)9(2)7-11(13)14/h9-10H,3-8,12H2,1-2H3. The molecule has 0 bridgehead atoms. The van der Waals surface area contributed by atoms with Crippen LogP contribution in [0.25, 0.3) is 0 Å². The zero-order valence-electron chi connectivity index (χ0n) is 10.6. The van der Waals surface area contributed by atoms with Crippen LogP contribution in [0.4, 0.5) is 0 Å². The summed E-state index contributed by atoms with van der Waals surface area (Å²) in [5, 5.41) is 0. The lowest BCUT2D eigenvalue weighted by atomic mass is 9.94. The van der Waals surface area contributed by atoms with Gasteiger partial charge in [0.1, 0.15) is 9.84 Å². The Morgan fingerprint density at radius 1 is 1.47 bits per heavy atom. The average molecular weight is 262 g/mol. The Balaban J connectivity index is 2.40. The molecule has 0 aliphatic carbocycles. The smallest absolute Gasteiger partial charge is 0.222 e. The zero-order valence-corrected chi connectivity index (χ0v) is 11.4. The Bertz CT molecular complexity index is 367. The van der Waals surface area contributed by atoms with Crippen LogP contribution in [0.2, 0.25) is 0 Å². The molecule has 1 fully saturated rings. The van der Waals surface area contributed by atoms with Gasteiger partial charge in [-0.05, 0) is 12.3 Å². The highest BCUT2D eigenvalue weighted by atomic mass is 32.2. The molecule has 1 heterocycles. The average Bonchev–Trinajstić information content (AvgIpc) is 2.25. The van der Waals surface area contributed by atoms with Gasteiger partial charge in [0.15, 0.2) is 0 Å². The van der Waals surface area contributed by atoms with E-state index in [-0.39, 0.29) is 29.4 Å². The van der Waals surface area contributed by atoms with Gasteiger partial charge in [-0.2, -0.15) is 0 Å². The maximum Gasteiger partial charge on any atom is 0.222 e. The molecule has 1 rings (SSSR count). The molecule has 0 aromatic carbocycles. The molecule has 1 aliphatic heterocycles. The molecule has 1 amide bonds. The molecule has 2 N–H and O–H groups in total. The van der Waals surface area contributed by atoms with Crippen molar-refractivity contribution < 1.29 is 13.2 Å². The van der Waals surface area contributed by atoms with E-state index in [0.717, 1.165) is 0 Å². The predicted octanol–water partition coefficient (Wildman–Crippen LogP) is 0.00690. The van der Waals surface area contributed by atoms with Crippen molar-refractivity contribution in [2.75, 3.05) is 24.6 Å². The van der Waals surface area contributed by atoms with Crippen LogP contribution in [0.1, 0.15) is 26.7 Å². The minimum Gasteiger partial charge on any atom is -0.341 e. The SMILES string of the molecule is CCS(=O)(=O)CCCN1CC(N)C(C)CC1=O. The first-order chi connectivity index (χ1) is 7.85. The Morgan fingerprint density at radius 2 is 2.12 bits per heavy atom. The first kappa shape index (κ1) is 14.4. The van der Waals surface area contributed by atoms with E-state index in [9.17, 15) is 13.2 Å². The number of piperidine rings is 1. The monoisotopic (exact) mass is 262 g/mol. The first-order valence-electron chi connectivity index (χ1n) is 6.09. The fraction of sp³-hybridized carbons (Fsp3) is 0.909. The van der Waals surface area contributed by atoms with E-state index in [4.69, 9.17) is 5.73 Å². The van der Waals surface area contributed by atoms with E-state index < -0.39 is 9.84 Å². The Morgan fingerprint density at radius 3 is 2.71 bits per heavy atom. The normalized spacial score (nSPS) is 26.3. The molecule has 0 saturated carbocycles. The molecule has 1 saturated heterocycles. The predicted molar refractivity (Wildman–Crippen MR) is 67.3 cm³/mol. The van der Waals surface area contributed by atoms with Gasteiger partial charge in [0.2, 0.25) is 5.91 Å². The lowest BCUT2D eigenvalue weighted by molar-refractivity contribution is -0.135. The van der Waals surface area contributed by atoms with Crippen LogP contribution in [-0.4, -0.2) is 49.9 Å². The molecule has 6 heteroatoms. The Hall–Kier alpha value is -0.620. The van der Waals surface area contributed by atoms with Gasteiger partial charge in [-0.1, -0.05) is 13.8 Å². The number of nitrogens with two attached hydrogens (primary N) is 1. The third-order valence-corrected chi connectivity index (χ3v) is 5.12. The highest BCUT2D eigenvalue weighted by Gasteiger charge is 2.28. The molecule has 0 spiro atoms. The van der Waals surface area contributed by atoms with E-state index in [1.807, 2.05) is 6.92 Å². The lowest BCUT2D eigenvalue weighted by Gasteiger charge is -2.34. The third-order valence-electron chi connectivity index (χ3n) is 3.33. The number of likely N-dealkylation sites (tertiary alicyclic amines) is 1. The lowest BCUT2D eigenvalue weighted by Crippen LogP contribution is -2.50. The second-order valence-electron chi connectivity index (χ2n) is 4.77. The quantitative estimate of drug-likeness (QED) is 0.756. The Kier molecular flexibility index (Phi) is 4.94. The summed E-state index contributed by atoms with van der Waals surface area (Å²) < 4.78 is 22.6. The molecule has 2 unspecified atom stereocenters. The Labute approximate surface area is 103 Å². The van der Waals surface area contributed by atoms with Gasteiger partial charge in [-0.3, -0.25) is 4.79 Å². The van der Waals surface area contributed by atoms with Crippen LogP contribution < -0.4 is 5.73 Å². The van der Waals surface area contributed by atoms with Crippen molar-refractivity contribution >= 4 is 15.7 Å². The van der Waals surface area contributed by atoms with E-state index in [1.54, 1.807) is 11.8 Å². The molecular weight excluding hydrogens is 240 g/mol. The van der Waals surface area contributed by atoms with Gasteiger partial charge in [0, 0.05) is 31.3 Å². The fourth-order valence-corrected chi connectivity index (χ4v) is 2.79. The van der Waals surface area contributed by atoms with Crippen molar-refractivity contribution in [3.63, 3.8) is 0 Å². The molecular formula is C11H22N2O3S. The first-order valence-corrected chi connectivity index (χ1v) is 7.91. The van der Waals surface area contributed by atoms with Gasteiger partial charge >= 0.3 is 0 Å². The summed E-state index contributed by atoms with van der Waals surface area (Å²) >= 11 is 0. The molecule has 5 nitrogen and oxygen atoms in total. The maximum absolute atomic E-state index is 11.7. The summed E-state index contributed by atoms with van der Waals surface area (Å²) in [5.74, 6) is 0.626. The number of carbonyl (C=O) groups is 1. The van der Waals surface area contributed by atoms with Gasteiger partial charge in [0.25, 0.3) is 0 Å². The highest BCUT2D eigenvalue weighted by Crippen LogP contribution is 2.16. The molecule has 1 aliphatic rings. The van der Waals surface area contributed by atoms with Crippen molar-refractivity contribution in [2.24, 2.45) is 11.7 Å². The molecule has 100 valence electrons. The maximum atomic E-state index is 11.7. The van der Waals surface area contributed by atoms with E-state index in [0.29, 0.717) is 25.9 Å². The number of carbonyl (C=O) groups excluding carboxylic acids is 1. The van der Waals surface area contributed by atoms with Crippen LogP contribution in [0.5, 0.6) is 0 Å². The van der Waals surface area contributed by atoms with Gasteiger partial charge < -0.3 is 10.6 Å². The number of hydrogen-bond donors (Lipinski definition) is 1. The minimum atomic E-state index is -2.93. The second-order valence-corrected chi connectivity index (χ2v) is 7.25. The summed E-state index contributed by atoms with van der Waals surface area (Å²) in [4.78, 5) is 13.4. The van der Waals surface area contributed by atoms with E-state index in [1.165, 1.54) is 0 Å². The van der Waals surface area contributed by atoms with Crippen LogP contribution in [0, 0.1) is 5.92 Å². The highest BCUT2D eigenvalue weighted by molar-refractivity contribution is 7.91. The number of hydrogen-bond acceptors (Lipinski definition) is 4. The van der Waals surface area contributed by atoms with Crippen molar-refractivity contribution in [3.05, 3.63) is 0 Å². The van der Waals surface area contributed by atoms with Crippen molar-refractivity contribution in [2.45, 2.75) is 32.7 Å². The molecule has 2 atom stereocenters. The van der Waals surface area contributed by atoms with Crippen molar-refractivity contribution in [1.29, 1.82) is 0 Å². The van der Waals surface area contributed by atoms with Gasteiger partial charge in [-0.15, -0.1) is 0 Å². The van der Waals surface area contributed by atoms with Crippen LogP contribution in [-0.2, 0) is 14.6 Å². The summed E-state index contributed by atoms with van der Waals surface area (Å²) in [5.41, 5.74) is 5.90. The largest absolute Gasteiger partial charge is 0.341 e. The van der Waals surface area contributed by atoms with Crippen LogP contribution >= 0.6 is 0 Å². The molecule has 0 radical (unpaired) electrons. The number of sulfone groups is 1. The van der Waals surface area contributed by atoms with Gasteiger partial charge in [-0.25, -0.2) is 8.42 Å². The summed E-state index contributed by atoms with van der Waals surface area (Å²) in [7, 11) is -2.93. The van der Waals surface area contributed by atoms with Crippen LogP contribution in [0.3, 0.4) is 0 Å². The fourth-order valence-electron chi connectivity index (χ4n) is 1.93. The van der Waals surface area contributed by atoms with Gasteiger partial charge in [0.05, 0.1) is 5.75 Å². The van der Waals surface area contributed by atoms with Crippen molar-refractivity contribution in [1.82, 2.24) is 4.90 Å². The third kappa shape index (κ3) is 4.27. The summed E-state index contributed by atoms with van der Waals surface area (Å²) in [6.45, 7) is 4.66. The second kappa shape index (κ2) is 5.82. The summed E-state index contributed by atoms with van der Waals surface area (Å²) in [6.07, 6.45) is 0.977. The van der Waals surface area contributed by atoms with Crippen LogP contribution in [0.15, 0.2) is 0 Å². The zero-order chi connectivity index (χ0) is 13.1. The molecule has 0 aromatic rings. The number of amides is 1. The molecule has 0 aromatic heterocycles. The van der Waals surface area contributed by atoms with E-state index in [2.05, 4.69) is 0 Å².